The average molecular weight is 293 g/mol. The van der Waals surface area contributed by atoms with E-state index in [1.807, 2.05) is 51.2 Å². The molecule has 21 heavy (non-hydrogen) atoms. The fourth-order valence-corrected chi connectivity index (χ4v) is 2.14. The normalized spacial score (nSPS) is 13.7. The van der Waals surface area contributed by atoms with Crippen LogP contribution in [-0.2, 0) is 19.7 Å². The minimum absolute atomic E-state index is 0.230. The molecule has 1 rings (SSSR count). The number of nitrogens with one attached hydrogen (secondary N) is 1. The van der Waals surface area contributed by atoms with E-state index < -0.39 is 5.41 Å². The van der Waals surface area contributed by atoms with Crippen molar-refractivity contribution in [3.05, 3.63) is 35.9 Å². The second kappa shape index (κ2) is 9.53. The van der Waals surface area contributed by atoms with Crippen LogP contribution in [0, 0.1) is 0 Å². The van der Waals surface area contributed by atoms with E-state index in [0.29, 0.717) is 19.8 Å². The third-order valence-corrected chi connectivity index (χ3v) is 3.49. The van der Waals surface area contributed by atoms with Crippen LogP contribution in [0.3, 0.4) is 0 Å². The summed E-state index contributed by atoms with van der Waals surface area (Å²) in [5.41, 5.74) is 0.180. The number of carbonyl (C=O) groups excluding carboxylic acids is 1. The maximum absolute atomic E-state index is 12.3. The number of ether oxygens (including phenoxy) is 2. The van der Waals surface area contributed by atoms with Crippen molar-refractivity contribution in [1.29, 1.82) is 0 Å². The summed E-state index contributed by atoms with van der Waals surface area (Å²) in [7, 11) is 1.94. The molecule has 0 aromatic heterocycles. The van der Waals surface area contributed by atoms with E-state index in [4.69, 9.17) is 9.47 Å². The van der Waals surface area contributed by atoms with Crippen molar-refractivity contribution in [2.24, 2.45) is 0 Å². The van der Waals surface area contributed by atoms with E-state index in [1.165, 1.54) is 0 Å². The molecule has 118 valence electrons. The fourth-order valence-electron chi connectivity index (χ4n) is 2.14. The van der Waals surface area contributed by atoms with Crippen LogP contribution >= 0.6 is 0 Å². The predicted octanol–water partition coefficient (Wildman–Crippen LogP) is 2.52. The maximum atomic E-state index is 12.3. The van der Waals surface area contributed by atoms with E-state index in [1.54, 1.807) is 0 Å². The van der Waals surface area contributed by atoms with E-state index in [2.05, 4.69) is 5.32 Å². The highest BCUT2D eigenvalue weighted by Gasteiger charge is 2.37. The Morgan fingerprint density at radius 1 is 1.24 bits per heavy atom. The SMILES string of the molecule is CCOC(=O)C(C)(COCCCCNC)c1ccccc1. The Kier molecular flexibility index (Phi) is 8.01. The minimum atomic E-state index is -0.750. The molecule has 1 aromatic rings. The molecule has 0 amide bonds. The van der Waals surface area contributed by atoms with Gasteiger partial charge in [-0.05, 0) is 45.8 Å². The molecule has 0 aliphatic carbocycles. The number of carbonyl (C=O) groups is 1. The molecule has 1 aromatic carbocycles. The van der Waals surface area contributed by atoms with Gasteiger partial charge in [0, 0.05) is 6.61 Å². The van der Waals surface area contributed by atoms with Crippen molar-refractivity contribution < 1.29 is 14.3 Å². The van der Waals surface area contributed by atoms with E-state index in [9.17, 15) is 4.79 Å². The fraction of sp³-hybridized carbons (Fsp3) is 0.588. The van der Waals surface area contributed by atoms with Crippen LogP contribution in [0.5, 0.6) is 0 Å². The monoisotopic (exact) mass is 293 g/mol. The summed E-state index contributed by atoms with van der Waals surface area (Å²) in [5, 5.41) is 3.11. The summed E-state index contributed by atoms with van der Waals surface area (Å²) in [5.74, 6) is -0.230. The molecular weight excluding hydrogens is 266 g/mol. The molecule has 0 aliphatic rings. The molecular formula is C17H27NO3. The summed E-state index contributed by atoms with van der Waals surface area (Å²) >= 11 is 0. The van der Waals surface area contributed by atoms with Gasteiger partial charge in [-0.15, -0.1) is 0 Å². The molecule has 0 fully saturated rings. The average Bonchev–Trinajstić information content (AvgIpc) is 2.51. The predicted molar refractivity (Wildman–Crippen MR) is 84.4 cm³/mol. The van der Waals surface area contributed by atoms with Gasteiger partial charge in [-0.25, -0.2) is 0 Å². The van der Waals surface area contributed by atoms with Gasteiger partial charge >= 0.3 is 5.97 Å². The second-order valence-corrected chi connectivity index (χ2v) is 5.28. The van der Waals surface area contributed by atoms with Gasteiger partial charge in [0.05, 0.1) is 13.2 Å². The summed E-state index contributed by atoms with van der Waals surface area (Å²) in [4.78, 5) is 12.3. The first kappa shape index (κ1) is 17.7. The summed E-state index contributed by atoms with van der Waals surface area (Å²) in [6.45, 7) is 6.06. The molecule has 1 atom stereocenters. The van der Waals surface area contributed by atoms with Gasteiger partial charge in [0.1, 0.15) is 5.41 Å². The van der Waals surface area contributed by atoms with Gasteiger partial charge in [0.25, 0.3) is 0 Å². The molecule has 1 N–H and O–H groups in total. The third kappa shape index (κ3) is 5.48. The zero-order valence-electron chi connectivity index (χ0n) is 13.4. The van der Waals surface area contributed by atoms with Crippen LogP contribution in [0.4, 0.5) is 0 Å². The van der Waals surface area contributed by atoms with Gasteiger partial charge in [0.2, 0.25) is 0 Å². The van der Waals surface area contributed by atoms with Gasteiger partial charge in [-0.1, -0.05) is 30.3 Å². The molecule has 4 nitrogen and oxygen atoms in total. The van der Waals surface area contributed by atoms with Crippen LogP contribution in [-0.4, -0.2) is 39.4 Å². The third-order valence-electron chi connectivity index (χ3n) is 3.49. The van der Waals surface area contributed by atoms with E-state index in [-0.39, 0.29) is 5.97 Å². The van der Waals surface area contributed by atoms with Crippen LogP contribution < -0.4 is 5.32 Å². The quantitative estimate of drug-likeness (QED) is 0.532. The number of unbranched alkanes of at least 4 members (excludes halogenated alkanes) is 1. The summed E-state index contributed by atoms with van der Waals surface area (Å²) in [6.07, 6.45) is 2.05. The first-order valence-electron chi connectivity index (χ1n) is 7.60. The standard InChI is InChI=1S/C17H27NO3/c1-4-21-16(19)17(2,15-10-6-5-7-11-15)14-20-13-9-8-12-18-3/h5-7,10-11,18H,4,8-9,12-14H2,1-3H3. The molecule has 0 radical (unpaired) electrons. The first-order chi connectivity index (χ1) is 10.1. The van der Waals surface area contributed by atoms with E-state index in [0.717, 1.165) is 24.9 Å². The number of benzene rings is 1. The lowest BCUT2D eigenvalue weighted by Gasteiger charge is -2.27. The van der Waals surface area contributed by atoms with Crippen molar-refractivity contribution in [3.8, 4) is 0 Å². The van der Waals surface area contributed by atoms with Crippen LogP contribution in [0.25, 0.3) is 0 Å². The van der Waals surface area contributed by atoms with Crippen molar-refractivity contribution in [1.82, 2.24) is 5.32 Å². The van der Waals surface area contributed by atoms with Gasteiger partial charge in [0.15, 0.2) is 0 Å². The highest BCUT2D eigenvalue weighted by atomic mass is 16.5. The minimum Gasteiger partial charge on any atom is -0.465 e. The molecule has 4 heteroatoms. The van der Waals surface area contributed by atoms with Gasteiger partial charge in [-0.3, -0.25) is 4.79 Å². The molecule has 1 unspecified atom stereocenters. The highest BCUT2D eigenvalue weighted by Crippen LogP contribution is 2.26. The first-order valence-corrected chi connectivity index (χ1v) is 7.60. The largest absolute Gasteiger partial charge is 0.465 e. The van der Waals surface area contributed by atoms with Gasteiger partial charge < -0.3 is 14.8 Å². The highest BCUT2D eigenvalue weighted by molar-refractivity contribution is 5.83. The zero-order valence-corrected chi connectivity index (χ0v) is 13.4. The lowest BCUT2D eigenvalue weighted by Crippen LogP contribution is -2.39. The molecule has 0 saturated carbocycles. The Morgan fingerprint density at radius 2 is 1.95 bits per heavy atom. The lowest BCUT2D eigenvalue weighted by molar-refractivity contribution is -0.152. The van der Waals surface area contributed by atoms with Crippen LogP contribution in [0.2, 0.25) is 0 Å². The summed E-state index contributed by atoms with van der Waals surface area (Å²) < 4.78 is 11.0. The zero-order chi connectivity index (χ0) is 15.6. The van der Waals surface area contributed by atoms with Crippen molar-refractivity contribution in [2.45, 2.75) is 32.1 Å². The van der Waals surface area contributed by atoms with Crippen molar-refractivity contribution in [3.63, 3.8) is 0 Å². The van der Waals surface area contributed by atoms with E-state index >= 15 is 0 Å². The number of hydrogen-bond acceptors (Lipinski definition) is 4. The number of hydrogen-bond donors (Lipinski definition) is 1. The Hall–Kier alpha value is -1.39. The van der Waals surface area contributed by atoms with Crippen LogP contribution in [0.1, 0.15) is 32.3 Å². The molecule has 0 saturated heterocycles. The Bertz CT molecular complexity index is 408. The lowest BCUT2D eigenvalue weighted by atomic mass is 9.83. The topological polar surface area (TPSA) is 47.6 Å². The summed E-state index contributed by atoms with van der Waals surface area (Å²) in [6, 6.07) is 9.69. The number of rotatable bonds is 10. The Labute approximate surface area is 127 Å². The Morgan fingerprint density at radius 3 is 2.57 bits per heavy atom. The molecule has 0 bridgehead atoms. The van der Waals surface area contributed by atoms with Crippen LogP contribution in [0.15, 0.2) is 30.3 Å². The molecule has 0 aliphatic heterocycles. The molecule has 0 spiro atoms. The smallest absolute Gasteiger partial charge is 0.318 e. The second-order valence-electron chi connectivity index (χ2n) is 5.28. The van der Waals surface area contributed by atoms with Crippen molar-refractivity contribution >= 4 is 5.97 Å². The van der Waals surface area contributed by atoms with Gasteiger partial charge in [-0.2, -0.15) is 0 Å². The number of esters is 1. The molecule has 0 heterocycles. The Balaban J connectivity index is 2.63. The maximum Gasteiger partial charge on any atom is 0.318 e. The van der Waals surface area contributed by atoms with Crippen molar-refractivity contribution in [2.75, 3.05) is 33.4 Å².